The Balaban J connectivity index is 3.33. The third kappa shape index (κ3) is 2.11. The van der Waals surface area contributed by atoms with Crippen molar-refractivity contribution in [1.82, 2.24) is 5.48 Å². The molecule has 1 aromatic carbocycles. The standard InChI is InChI=1S/C8H7Cl2NOS/c1-4-2-3-5(9)6(7(4)10)8(13)11-12/h2-3,12H,1H3,(H,11,13). The molecule has 0 amide bonds. The molecule has 0 aliphatic heterocycles. The third-order valence-corrected chi connectivity index (χ3v) is 2.71. The van der Waals surface area contributed by atoms with Crippen LogP contribution in [0.25, 0.3) is 0 Å². The van der Waals surface area contributed by atoms with Gasteiger partial charge in [0.25, 0.3) is 0 Å². The minimum Gasteiger partial charge on any atom is -0.290 e. The smallest absolute Gasteiger partial charge is 0.133 e. The van der Waals surface area contributed by atoms with Crippen molar-refractivity contribution in [2.75, 3.05) is 0 Å². The number of benzene rings is 1. The SMILES string of the molecule is Cc1ccc(Cl)c(C(=S)NO)c1Cl. The predicted octanol–water partition coefficient (Wildman–Crippen LogP) is 2.96. The molecule has 0 aliphatic carbocycles. The zero-order valence-electron chi connectivity index (χ0n) is 6.77. The van der Waals surface area contributed by atoms with Crippen molar-refractivity contribution in [3.8, 4) is 0 Å². The molecule has 0 atom stereocenters. The van der Waals surface area contributed by atoms with Gasteiger partial charge in [0.15, 0.2) is 0 Å². The van der Waals surface area contributed by atoms with Crippen LogP contribution in [0.2, 0.25) is 10.0 Å². The van der Waals surface area contributed by atoms with E-state index < -0.39 is 0 Å². The van der Waals surface area contributed by atoms with Crippen LogP contribution < -0.4 is 5.48 Å². The molecule has 0 radical (unpaired) electrons. The molecular formula is C8H7Cl2NOS. The molecule has 0 aliphatic rings. The topological polar surface area (TPSA) is 32.3 Å². The van der Waals surface area contributed by atoms with Crippen molar-refractivity contribution in [2.24, 2.45) is 0 Å². The van der Waals surface area contributed by atoms with Gasteiger partial charge in [-0.1, -0.05) is 41.5 Å². The van der Waals surface area contributed by atoms with Crippen LogP contribution in [0.3, 0.4) is 0 Å². The van der Waals surface area contributed by atoms with Gasteiger partial charge < -0.3 is 0 Å². The first-order chi connectivity index (χ1) is 6.07. The van der Waals surface area contributed by atoms with E-state index in [0.717, 1.165) is 5.56 Å². The summed E-state index contributed by atoms with van der Waals surface area (Å²) in [5, 5.41) is 9.50. The van der Waals surface area contributed by atoms with E-state index in [1.165, 1.54) is 0 Å². The van der Waals surface area contributed by atoms with Crippen LogP contribution in [0.4, 0.5) is 0 Å². The monoisotopic (exact) mass is 235 g/mol. The van der Waals surface area contributed by atoms with Gasteiger partial charge in [0.05, 0.1) is 10.0 Å². The van der Waals surface area contributed by atoms with Crippen LogP contribution >= 0.6 is 35.4 Å². The maximum Gasteiger partial charge on any atom is 0.133 e. The maximum absolute atomic E-state index is 8.62. The highest BCUT2D eigenvalue weighted by Crippen LogP contribution is 2.27. The fraction of sp³-hybridized carbons (Fsp3) is 0.125. The molecule has 5 heteroatoms. The molecule has 1 aromatic rings. The number of thiocarbonyl (C=S) groups is 1. The summed E-state index contributed by atoms with van der Waals surface area (Å²) in [6.07, 6.45) is 0. The van der Waals surface area contributed by atoms with Crippen LogP contribution in [0.1, 0.15) is 11.1 Å². The Morgan fingerprint density at radius 3 is 2.62 bits per heavy atom. The van der Waals surface area contributed by atoms with Gasteiger partial charge in [-0.2, -0.15) is 0 Å². The number of rotatable bonds is 1. The first-order valence-electron chi connectivity index (χ1n) is 3.47. The van der Waals surface area contributed by atoms with Gasteiger partial charge in [0, 0.05) is 5.56 Å². The second-order valence-corrected chi connectivity index (χ2v) is 3.69. The van der Waals surface area contributed by atoms with E-state index in [2.05, 4.69) is 0 Å². The minimum absolute atomic E-state index is 0.124. The first kappa shape index (κ1) is 10.7. The number of hydroxylamine groups is 1. The Kier molecular flexibility index (Phi) is 3.50. The third-order valence-electron chi connectivity index (χ3n) is 1.61. The van der Waals surface area contributed by atoms with Crippen LogP contribution in [0.5, 0.6) is 0 Å². The summed E-state index contributed by atoms with van der Waals surface area (Å²) in [5.41, 5.74) is 3.17. The van der Waals surface area contributed by atoms with E-state index in [1.54, 1.807) is 12.1 Å². The highest BCUT2D eigenvalue weighted by Gasteiger charge is 2.12. The molecule has 0 unspecified atom stereocenters. The Labute approximate surface area is 91.4 Å². The number of hydrogen-bond acceptors (Lipinski definition) is 2. The lowest BCUT2D eigenvalue weighted by Crippen LogP contribution is -2.18. The van der Waals surface area contributed by atoms with Gasteiger partial charge >= 0.3 is 0 Å². The highest BCUT2D eigenvalue weighted by molar-refractivity contribution is 7.80. The Morgan fingerprint density at radius 1 is 1.46 bits per heavy atom. The second kappa shape index (κ2) is 4.24. The van der Waals surface area contributed by atoms with E-state index in [-0.39, 0.29) is 4.99 Å². The number of hydrogen-bond donors (Lipinski definition) is 2. The van der Waals surface area contributed by atoms with Crippen LogP contribution in [-0.4, -0.2) is 10.2 Å². The molecular weight excluding hydrogens is 229 g/mol. The molecule has 0 saturated heterocycles. The number of aryl methyl sites for hydroxylation is 1. The summed E-state index contributed by atoms with van der Waals surface area (Å²) in [6.45, 7) is 1.84. The summed E-state index contributed by atoms with van der Waals surface area (Å²) < 4.78 is 0. The zero-order valence-corrected chi connectivity index (χ0v) is 9.09. The summed E-state index contributed by atoms with van der Waals surface area (Å²) in [4.78, 5) is 0.124. The lowest BCUT2D eigenvalue weighted by molar-refractivity contribution is 0.238. The maximum atomic E-state index is 8.62. The van der Waals surface area contributed by atoms with Gasteiger partial charge in [-0.05, 0) is 18.6 Å². The van der Waals surface area contributed by atoms with Gasteiger partial charge in [-0.15, -0.1) is 0 Å². The van der Waals surface area contributed by atoms with Crippen molar-refractivity contribution in [1.29, 1.82) is 0 Å². The predicted molar refractivity (Wildman–Crippen MR) is 57.8 cm³/mol. The van der Waals surface area contributed by atoms with Gasteiger partial charge in [0.1, 0.15) is 4.99 Å². The molecule has 13 heavy (non-hydrogen) atoms. The average molecular weight is 236 g/mol. The molecule has 2 nitrogen and oxygen atoms in total. The summed E-state index contributed by atoms with van der Waals surface area (Å²) in [7, 11) is 0. The summed E-state index contributed by atoms with van der Waals surface area (Å²) in [5.74, 6) is 0. The van der Waals surface area contributed by atoms with Crippen LogP contribution in [0.15, 0.2) is 12.1 Å². The molecule has 0 bridgehead atoms. The molecule has 0 saturated carbocycles. The van der Waals surface area contributed by atoms with Crippen molar-refractivity contribution in [3.63, 3.8) is 0 Å². The van der Waals surface area contributed by atoms with E-state index in [1.807, 2.05) is 12.4 Å². The zero-order chi connectivity index (χ0) is 10.0. The van der Waals surface area contributed by atoms with Gasteiger partial charge in [0.2, 0.25) is 0 Å². The van der Waals surface area contributed by atoms with Crippen LogP contribution in [-0.2, 0) is 0 Å². The van der Waals surface area contributed by atoms with Gasteiger partial charge in [-0.3, -0.25) is 10.7 Å². The van der Waals surface area contributed by atoms with E-state index >= 15 is 0 Å². The van der Waals surface area contributed by atoms with Crippen molar-refractivity contribution < 1.29 is 5.21 Å². The van der Waals surface area contributed by atoms with Crippen molar-refractivity contribution in [2.45, 2.75) is 6.92 Å². The lowest BCUT2D eigenvalue weighted by atomic mass is 10.1. The van der Waals surface area contributed by atoms with Gasteiger partial charge in [-0.25, -0.2) is 0 Å². The summed E-state index contributed by atoms with van der Waals surface area (Å²) in [6, 6.07) is 3.47. The normalized spacial score (nSPS) is 9.85. The molecule has 0 heterocycles. The summed E-state index contributed by atoms with van der Waals surface area (Å²) >= 11 is 16.6. The van der Waals surface area contributed by atoms with E-state index in [0.29, 0.717) is 15.6 Å². The van der Waals surface area contributed by atoms with Crippen LogP contribution in [0, 0.1) is 6.92 Å². The Hall–Kier alpha value is -0.350. The first-order valence-corrected chi connectivity index (χ1v) is 4.63. The largest absolute Gasteiger partial charge is 0.290 e. The second-order valence-electron chi connectivity index (χ2n) is 2.49. The fourth-order valence-corrected chi connectivity index (χ4v) is 1.80. The number of halogens is 2. The number of nitrogens with one attached hydrogen (secondary N) is 1. The average Bonchev–Trinajstić information content (AvgIpc) is 2.12. The quantitative estimate of drug-likeness (QED) is 0.580. The van der Waals surface area contributed by atoms with E-state index in [4.69, 9.17) is 40.6 Å². The molecule has 1 rings (SSSR count). The molecule has 0 spiro atoms. The molecule has 2 N–H and O–H groups in total. The highest BCUT2D eigenvalue weighted by atomic mass is 35.5. The minimum atomic E-state index is 0.124. The lowest BCUT2D eigenvalue weighted by Gasteiger charge is -2.08. The molecule has 70 valence electrons. The van der Waals surface area contributed by atoms with E-state index in [9.17, 15) is 0 Å². The molecule has 0 aromatic heterocycles. The van der Waals surface area contributed by atoms with Crippen molar-refractivity contribution >= 4 is 40.4 Å². The van der Waals surface area contributed by atoms with Crippen molar-refractivity contribution in [3.05, 3.63) is 33.3 Å². The fourth-order valence-electron chi connectivity index (χ4n) is 0.921. The Bertz CT molecular complexity index is 354. The molecule has 0 fully saturated rings. The Morgan fingerprint density at radius 2 is 2.08 bits per heavy atom.